The Kier molecular flexibility index (Phi) is 5.38. The van der Waals surface area contributed by atoms with E-state index in [4.69, 9.17) is 12.2 Å². The number of anilines is 2. The highest BCUT2D eigenvalue weighted by molar-refractivity contribution is 7.80. The maximum absolute atomic E-state index is 13.5. The van der Waals surface area contributed by atoms with Gasteiger partial charge in [0.15, 0.2) is 5.11 Å². The van der Waals surface area contributed by atoms with Crippen molar-refractivity contribution in [1.29, 1.82) is 0 Å². The van der Waals surface area contributed by atoms with Crippen LogP contribution < -0.4 is 10.2 Å². The van der Waals surface area contributed by atoms with Crippen LogP contribution in [0, 0.1) is 5.82 Å². The van der Waals surface area contributed by atoms with Crippen molar-refractivity contribution < 1.29 is 4.39 Å². The fraction of sp³-hybridized carbons (Fsp3) is 0.381. The zero-order valence-corrected chi connectivity index (χ0v) is 15.9. The molecule has 2 aromatic carbocycles. The second-order valence-corrected chi connectivity index (χ2v) is 7.28. The number of aryl methyl sites for hydroxylation is 1. The Bertz CT molecular complexity index is 757. The molecule has 2 aromatic rings. The van der Waals surface area contributed by atoms with E-state index in [1.807, 2.05) is 6.07 Å². The highest BCUT2D eigenvalue weighted by atomic mass is 32.1. The molecule has 1 aliphatic heterocycles. The molecule has 0 radical (unpaired) electrons. The van der Waals surface area contributed by atoms with Crippen molar-refractivity contribution in [2.75, 3.05) is 10.2 Å². The van der Waals surface area contributed by atoms with E-state index in [0.717, 1.165) is 36.2 Å². The Morgan fingerprint density at radius 1 is 1.28 bits per heavy atom. The van der Waals surface area contributed by atoms with E-state index >= 15 is 0 Å². The predicted molar refractivity (Wildman–Crippen MR) is 108 cm³/mol. The van der Waals surface area contributed by atoms with Gasteiger partial charge in [-0.1, -0.05) is 26.0 Å². The molecule has 4 heteroatoms. The van der Waals surface area contributed by atoms with Gasteiger partial charge in [0.25, 0.3) is 0 Å². The fourth-order valence-corrected chi connectivity index (χ4v) is 3.74. The molecule has 132 valence electrons. The number of benzene rings is 2. The Morgan fingerprint density at radius 3 is 2.68 bits per heavy atom. The second-order valence-electron chi connectivity index (χ2n) is 6.89. The molecule has 1 heterocycles. The normalized spacial score (nSPS) is 17.8. The minimum Gasteiger partial charge on any atom is -0.332 e. The molecule has 3 rings (SSSR count). The SMILES string of the molecule is CCC(C)c1ccc(NC(=S)N2c3ccc(F)cc3CCC2C)cc1. The molecule has 2 unspecified atom stereocenters. The minimum atomic E-state index is -0.187. The quantitative estimate of drug-likeness (QED) is 0.692. The van der Waals surface area contributed by atoms with Gasteiger partial charge in [0.2, 0.25) is 0 Å². The fourth-order valence-electron chi connectivity index (χ4n) is 3.34. The van der Waals surface area contributed by atoms with Crippen molar-refractivity contribution >= 4 is 28.7 Å². The molecule has 0 fully saturated rings. The van der Waals surface area contributed by atoms with Crippen LogP contribution in [-0.2, 0) is 6.42 Å². The lowest BCUT2D eigenvalue weighted by Gasteiger charge is -2.37. The molecule has 0 amide bonds. The molecule has 0 aromatic heterocycles. The van der Waals surface area contributed by atoms with Gasteiger partial charge in [-0.3, -0.25) is 0 Å². The first-order chi connectivity index (χ1) is 12.0. The smallest absolute Gasteiger partial charge is 0.178 e. The number of rotatable bonds is 3. The Labute approximate surface area is 155 Å². The number of hydrogen-bond acceptors (Lipinski definition) is 1. The average Bonchev–Trinajstić information content (AvgIpc) is 2.61. The van der Waals surface area contributed by atoms with Crippen LogP contribution in [0.5, 0.6) is 0 Å². The van der Waals surface area contributed by atoms with E-state index < -0.39 is 0 Å². The summed E-state index contributed by atoms with van der Waals surface area (Å²) >= 11 is 5.67. The Morgan fingerprint density at radius 2 is 2.00 bits per heavy atom. The lowest BCUT2D eigenvalue weighted by Crippen LogP contribution is -2.44. The summed E-state index contributed by atoms with van der Waals surface area (Å²) in [6.45, 7) is 6.59. The van der Waals surface area contributed by atoms with Gasteiger partial charge < -0.3 is 10.2 Å². The summed E-state index contributed by atoms with van der Waals surface area (Å²) in [6.07, 6.45) is 2.98. The van der Waals surface area contributed by atoms with Gasteiger partial charge in [-0.05, 0) is 85.8 Å². The van der Waals surface area contributed by atoms with Crippen LogP contribution in [0.1, 0.15) is 50.7 Å². The van der Waals surface area contributed by atoms with Crippen LogP contribution in [0.25, 0.3) is 0 Å². The van der Waals surface area contributed by atoms with Gasteiger partial charge in [-0.2, -0.15) is 0 Å². The van der Waals surface area contributed by atoms with Crippen molar-refractivity contribution in [1.82, 2.24) is 0 Å². The molecule has 1 N–H and O–H groups in total. The van der Waals surface area contributed by atoms with Crippen LogP contribution >= 0.6 is 12.2 Å². The molecule has 0 spiro atoms. The van der Waals surface area contributed by atoms with Gasteiger partial charge in [0.05, 0.1) is 0 Å². The first-order valence-electron chi connectivity index (χ1n) is 8.98. The molecular weight excluding hydrogens is 331 g/mol. The van der Waals surface area contributed by atoms with Crippen molar-refractivity contribution in [2.45, 2.75) is 52.0 Å². The van der Waals surface area contributed by atoms with E-state index in [1.165, 1.54) is 11.6 Å². The monoisotopic (exact) mass is 356 g/mol. The summed E-state index contributed by atoms with van der Waals surface area (Å²) in [5.41, 5.74) is 4.35. The molecule has 25 heavy (non-hydrogen) atoms. The van der Waals surface area contributed by atoms with E-state index in [0.29, 0.717) is 11.0 Å². The number of nitrogens with zero attached hydrogens (tertiary/aromatic N) is 1. The molecule has 2 nitrogen and oxygen atoms in total. The number of hydrogen-bond donors (Lipinski definition) is 1. The zero-order valence-electron chi connectivity index (χ0n) is 15.1. The standard InChI is InChI=1S/C21H25FN2S/c1-4-14(2)16-7-10-19(11-8-16)23-21(25)24-15(3)5-6-17-13-18(22)9-12-20(17)24/h7-15H,4-6H2,1-3H3,(H,23,25). The number of nitrogens with one attached hydrogen (secondary N) is 1. The molecule has 0 saturated carbocycles. The van der Waals surface area contributed by atoms with E-state index in [2.05, 4.69) is 55.3 Å². The first-order valence-corrected chi connectivity index (χ1v) is 9.39. The van der Waals surface area contributed by atoms with Crippen molar-refractivity contribution in [3.8, 4) is 0 Å². The number of thiocarbonyl (C=S) groups is 1. The van der Waals surface area contributed by atoms with Gasteiger partial charge in [-0.25, -0.2) is 4.39 Å². The highest BCUT2D eigenvalue weighted by Gasteiger charge is 2.26. The van der Waals surface area contributed by atoms with Crippen LogP contribution in [0.4, 0.5) is 15.8 Å². The van der Waals surface area contributed by atoms with Gasteiger partial charge >= 0.3 is 0 Å². The van der Waals surface area contributed by atoms with E-state index in [-0.39, 0.29) is 11.9 Å². The molecular formula is C21H25FN2S. The Balaban J connectivity index is 1.79. The summed E-state index contributed by atoms with van der Waals surface area (Å²) < 4.78 is 13.5. The Hall–Kier alpha value is -1.94. The third-order valence-corrected chi connectivity index (χ3v) is 5.43. The third-order valence-electron chi connectivity index (χ3n) is 5.14. The molecule has 1 aliphatic rings. The summed E-state index contributed by atoms with van der Waals surface area (Å²) in [4.78, 5) is 2.11. The maximum Gasteiger partial charge on any atom is 0.178 e. The first kappa shape index (κ1) is 17.9. The van der Waals surface area contributed by atoms with Crippen molar-refractivity contribution in [3.05, 3.63) is 59.4 Å². The lowest BCUT2D eigenvalue weighted by atomic mass is 9.97. The summed E-state index contributed by atoms with van der Waals surface area (Å²) in [6, 6.07) is 13.7. The summed E-state index contributed by atoms with van der Waals surface area (Å²) in [7, 11) is 0. The predicted octanol–water partition coefficient (Wildman–Crippen LogP) is 5.88. The topological polar surface area (TPSA) is 15.3 Å². The van der Waals surface area contributed by atoms with Crippen LogP contribution in [0.3, 0.4) is 0 Å². The van der Waals surface area contributed by atoms with Gasteiger partial charge in [-0.15, -0.1) is 0 Å². The van der Waals surface area contributed by atoms with E-state index in [9.17, 15) is 4.39 Å². The highest BCUT2D eigenvalue weighted by Crippen LogP contribution is 2.32. The van der Waals surface area contributed by atoms with Gasteiger partial charge in [0.1, 0.15) is 5.82 Å². The van der Waals surface area contributed by atoms with Crippen LogP contribution in [0.2, 0.25) is 0 Å². The largest absolute Gasteiger partial charge is 0.332 e. The van der Waals surface area contributed by atoms with E-state index in [1.54, 1.807) is 6.07 Å². The molecule has 0 saturated heterocycles. The lowest BCUT2D eigenvalue weighted by molar-refractivity contribution is 0.604. The molecule has 0 aliphatic carbocycles. The van der Waals surface area contributed by atoms with Crippen LogP contribution in [0.15, 0.2) is 42.5 Å². The molecule has 2 atom stereocenters. The van der Waals surface area contributed by atoms with Gasteiger partial charge in [0, 0.05) is 17.4 Å². The third kappa shape index (κ3) is 3.84. The zero-order chi connectivity index (χ0) is 18.0. The van der Waals surface area contributed by atoms with Crippen LogP contribution in [-0.4, -0.2) is 11.2 Å². The molecule has 0 bridgehead atoms. The number of fused-ring (bicyclic) bond motifs is 1. The van der Waals surface area contributed by atoms with Crippen molar-refractivity contribution in [3.63, 3.8) is 0 Å². The minimum absolute atomic E-state index is 0.187. The second kappa shape index (κ2) is 7.52. The summed E-state index contributed by atoms with van der Waals surface area (Å²) in [5.74, 6) is 0.373. The maximum atomic E-state index is 13.5. The summed E-state index contributed by atoms with van der Waals surface area (Å²) in [5, 5.41) is 4.01. The number of halogens is 1. The average molecular weight is 357 g/mol. The van der Waals surface area contributed by atoms with Crippen molar-refractivity contribution in [2.24, 2.45) is 0 Å².